The molecule has 1 saturated carbocycles. The van der Waals surface area contributed by atoms with Crippen LogP contribution in [-0.4, -0.2) is 53.9 Å². The molecular formula is C17H21F2NO4. The molecule has 132 valence electrons. The Balaban J connectivity index is 1.66. The molecule has 3 rings (SSSR count). The van der Waals surface area contributed by atoms with Crippen molar-refractivity contribution in [3.8, 4) is 5.75 Å². The third-order valence-electron chi connectivity index (χ3n) is 5.13. The summed E-state index contributed by atoms with van der Waals surface area (Å²) in [7, 11) is 1.63. The predicted molar refractivity (Wildman–Crippen MR) is 81.6 cm³/mol. The SMILES string of the molecule is CO[C@]12CC[C@@H](O)C[C@H]1N(C(=O)COc1ccc(F)cc1F)CC2. The van der Waals surface area contributed by atoms with Gasteiger partial charge in [0.05, 0.1) is 17.7 Å². The van der Waals surface area contributed by atoms with Gasteiger partial charge in [-0.15, -0.1) is 0 Å². The molecule has 1 aromatic carbocycles. The third-order valence-corrected chi connectivity index (χ3v) is 5.13. The lowest BCUT2D eigenvalue weighted by atomic mass is 9.79. The number of likely N-dealkylation sites (tertiary alicyclic amines) is 1. The van der Waals surface area contributed by atoms with Crippen molar-refractivity contribution in [2.45, 2.75) is 43.4 Å². The van der Waals surface area contributed by atoms with Crippen LogP contribution >= 0.6 is 0 Å². The Morgan fingerprint density at radius 3 is 2.92 bits per heavy atom. The number of rotatable bonds is 4. The lowest BCUT2D eigenvalue weighted by Crippen LogP contribution is -2.53. The first-order valence-corrected chi connectivity index (χ1v) is 8.06. The molecule has 1 aliphatic carbocycles. The first kappa shape index (κ1) is 17.1. The van der Waals surface area contributed by atoms with E-state index in [1.807, 2.05) is 0 Å². The summed E-state index contributed by atoms with van der Waals surface area (Å²) in [6, 6.07) is 2.74. The zero-order valence-corrected chi connectivity index (χ0v) is 13.5. The maximum Gasteiger partial charge on any atom is 0.260 e. The van der Waals surface area contributed by atoms with Gasteiger partial charge in [0.15, 0.2) is 18.2 Å². The number of nitrogens with zero attached hydrogens (tertiary/aromatic N) is 1. The van der Waals surface area contributed by atoms with Gasteiger partial charge >= 0.3 is 0 Å². The van der Waals surface area contributed by atoms with Crippen LogP contribution in [0.3, 0.4) is 0 Å². The van der Waals surface area contributed by atoms with Crippen molar-refractivity contribution in [2.24, 2.45) is 0 Å². The quantitative estimate of drug-likeness (QED) is 0.908. The average molecular weight is 341 g/mol. The topological polar surface area (TPSA) is 59.0 Å². The normalized spacial score (nSPS) is 29.4. The van der Waals surface area contributed by atoms with Crippen molar-refractivity contribution in [1.29, 1.82) is 0 Å². The number of benzene rings is 1. The zero-order valence-electron chi connectivity index (χ0n) is 13.5. The fraction of sp³-hybridized carbons (Fsp3) is 0.588. The van der Waals surface area contributed by atoms with Gasteiger partial charge in [-0.3, -0.25) is 4.79 Å². The maximum atomic E-state index is 13.6. The Kier molecular flexibility index (Phi) is 4.73. The molecular weight excluding hydrogens is 320 g/mol. The largest absolute Gasteiger partial charge is 0.481 e. The summed E-state index contributed by atoms with van der Waals surface area (Å²) in [5.41, 5.74) is -0.421. The maximum absolute atomic E-state index is 13.6. The van der Waals surface area contributed by atoms with Crippen LogP contribution < -0.4 is 4.74 Å². The molecule has 1 N–H and O–H groups in total. The minimum absolute atomic E-state index is 0.161. The van der Waals surface area contributed by atoms with Gasteiger partial charge in [-0.25, -0.2) is 8.78 Å². The van der Waals surface area contributed by atoms with E-state index >= 15 is 0 Å². The van der Waals surface area contributed by atoms with E-state index in [1.165, 1.54) is 0 Å². The molecule has 2 fully saturated rings. The van der Waals surface area contributed by atoms with Crippen LogP contribution in [0.1, 0.15) is 25.7 Å². The third kappa shape index (κ3) is 3.10. The number of aliphatic hydroxyl groups is 1. The van der Waals surface area contributed by atoms with Gasteiger partial charge in [0, 0.05) is 19.7 Å². The summed E-state index contributed by atoms with van der Waals surface area (Å²) in [6.07, 6.45) is 2.07. The Labute approximate surface area is 139 Å². The number of hydrogen-bond donors (Lipinski definition) is 1. The second-order valence-corrected chi connectivity index (χ2v) is 6.41. The van der Waals surface area contributed by atoms with Crippen LogP contribution in [0, 0.1) is 11.6 Å². The minimum atomic E-state index is -0.844. The minimum Gasteiger partial charge on any atom is -0.481 e. The highest BCUT2D eigenvalue weighted by Crippen LogP contribution is 2.42. The molecule has 5 nitrogen and oxygen atoms in total. The van der Waals surface area contributed by atoms with E-state index in [0.717, 1.165) is 12.1 Å². The molecule has 1 saturated heterocycles. The van der Waals surface area contributed by atoms with Crippen molar-refractivity contribution >= 4 is 5.91 Å². The van der Waals surface area contributed by atoms with Crippen molar-refractivity contribution in [1.82, 2.24) is 4.90 Å². The summed E-state index contributed by atoms with van der Waals surface area (Å²) < 4.78 is 37.3. The lowest BCUT2D eigenvalue weighted by molar-refractivity contribution is -0.141. The molecule has 0 radical (unpaired) electrons. The van der Waals surface area contributed by atoms with Crippen molar-refractivity contribution in [2.75, 3.05) is 20.3 Å². The van der Waals surface area contributed by atoms with Crippen LogP contribution in [-0.2, 0) is 9.53 Å². The van der Waals surface area contributed by atoms with Gasteiger partial charge < -0.3 is 19.5 Å². The summed E-state index contributed by atoms with van der Waals surface area (Å²) in [5, 5.41) is 9.93. The van der Waals surface area contributed by atoms with E-state index in [0.29, 0.717) is 38.3 Å². The Morgan fingerprint density at radius 1 is 1.42 bits per heavy atom. The van der Waals surface area contributed by atoms with Gasteiger partial charge in [-0.2, -0.15) is 0 Å². The molecule has 1 aliphatic heterocycles. The molecule has 1 amide bonds. The fourth-order valence-electron chi connectivity index (χ4n) is 3.79. The number of methoxy groups -OCH3 is 1. The zero-order chi connectivity index (χ0) is 17.3. The predicted octanol–water partition coefficient (Wildman–Crippen LogP) is 1.87. The van der Waals surface area contributed by atoms with E-state index in [1.54, 1.807) is 12.0 Å². The molecule has 0 spiro atoms. The molecule has 1 aromatic rings. The first-order valence-electron chi connectivity index (χ1n) is 8.06. The lowest BCUT2D eigenvalue weighted by Gasteiger charge is -2.42. The fourth-order valence-corrected chi connectivity index (χ4v) is 3.79. The molecule has 24 heavy (non-hydrogen) atoms. The second-order valence-electron chi connectivity index (χ2n) is 6.41. The number of hydrogen-bond acceptors (Lipinski definition) is 4. The number of fused-ring (bicyclic) bond motifs is 1. The second kappa shape index (κ2) is 6.64. The van der Waals surface area contributed by atoms with Crippen LogP contribution in [0.5, 0.6) is 5.75 Å². The van der Waals surface area contributed by atoms with Gasteiger partial charge in [0.1, 0.15) is 5.82 Å². The van der Waals surface area contributed by atoms with E-state index in [-0.39, 0.29) is 24.3 Å². The molecule has 2 aliphatic rings. The molecule has 7 heteroatoms. The molecule has 3 atom stereocenters. The molecule has 0 unspecified atom stereocenters. The summed E-state index contributed by atoms with van der Waals surface area (Å²) in [5.74, 6) is -2.00. The highest BCUT2D eigenvalue weighted by molar-refractivity contribution is 5.78. The van der Waals surface area contributed by atoms with Crippen molar-refractivity contribution in [3.63, 3.8) is 0 Å². The van der Waals surface area contributed by atoms with Crippen LogP contribution in [0.15, 0.2) is 18.2 Å². The number of ether oxygens (including phenoxy) is 2. The molecule has 0 bridgehead atoms. The van der Waals surface area contributed by atoms with Crippen LogP contribution in [0.25, 0.3) is 0 Å². The van der Waals surface area contributed by atoms with Gasteiger partial charge in [0.2, 0.25) is 0 Å². The first-order chi connectivity index (χ1) is 11.4. The van der Waals surface area contributed by atoms with E-state index in [9.17, 15) is 18.7 Å². The van der Waals surface area contributed by atoms with Crippen molar-refractivity contribution < 1.29 is 28.2 Å². The molecule has 0 aromatic heterocycles. The number of carbonyl (C=O) groups excluding carboxylic acids is 1. The van der Waals surface area contributed by atoms with Gasteiger partial charge in [-0.1, -0.05) is 0 Å². The number of halogens is 2. The van der Waals surface area contributed by atoms with Gasteiger partial charge in [0.25, 0.3) is 5.91 Å². The summed E-state index contributed by atoms with van der Waals surface area (Å²) in [4.78, 5) is 14.1. The number of amides is 1. The van der Waals surface area contributed by atoms with Crippen LogP contribution in [0.2, 0.25) is 0 Å². The number of aliphatic hydroxyl groups excluding tert-OH is 1. The van der Waals surface area contributed by atoms with E-state index < -0.39 is 23.3 Å². The Hall–Kier alpha value is -1.73. The summed E-state index contributed by atoms with van der Waals surface area (Å²) in [6.45, 7) is 0.175. The van der Waals surface area contributed by atoms with Crippen LogP contribution in [0.4, 0.5) is 8.78 Å². The standard InChI is InChI=1S/C17H21F2NO4/c1-23-17-5-4-12(21)9-15(17)20(7-6-17)16(22)10-24-14-3-2-11(18)8-13(14)19/h2-3,8,12,15,21H,4-7,9-10H2,1H3/t12-,15-,17+/m1/s1. The highest BCUT2D eigenvalue weighted by Gasteiger charge is 2.52. The monoisotopic (exact) mass is 341 g/mol. The Morgan fingerprint density at radius 2 is 2.21 bits per heavy atom. The highest BCUT2D eigenvalue weighted by atomic mass is 19.1. The summed E-state index contributed by atoms with van der Waals surface area (Å²) >= 11 is 0. The Bertz CT molecular complexity index is 627. The van der Waals surface area contributed by atoms with E-state index in [4.69, 9.17) is 9.47 Å². The average Bonchev–Trinajstić information content (AvgIpc) is 2.93. The number of carbonyl (C=O) groups is 1. The van der Waals surface area contributed by atoms with Gasteiger partial charge in [-0.05, 0) is 37.8 Å². The van der Waals surface area contributed by atoms with E-state index in [2.05, 4.69) is 0 Å². The smallest absolute Gasteiger partial charge is 0.260 e. The molecule has 1 heterocycles. The van der Waals surface area contributed by atoms with Crippen molar-refractivity contribution in [3.05, 3.63) is 29.8 Å².